The molecule has 3 aromatic carbocycles. The van der Waals surface area contributed by atoms with E-state index in [0.717, 1.165) is 12.1 Å². The Balaban J connectivity index is 2.52. The molecule has 0 aliphatic heterocycles. The average Bonchev–Trinajstić information content (AvgIpc) is 2.62. The second-order valence-corrected chi connectivity index (χ2v) is 7.52. The van der Waals surface area contributed by atoms with E-state index in [2.05, 4.69) is 0 Å². The number of rotatable bonds is 3. The van der Waals surface area contributed by atoms with Gasteiger partial charge in [-0.3, -0.25) is 0 Å². The Morgan fingerprint density at radius 3 is 1.96 bits per heavy atom. The molecule has 0 saturated heterocycles. The summed E-state index contributed by atoms with van der Waals surface area (Å²) in [5, 5.41) is 5.26. The van der Waals surface area contributed by atoms with Crippen molar-refractivity contribution >= 4 is 21.6 Å². The smallest absolute Gasteiger partial charge is 0.225 e. The van der Waals surface area contributed by atoms with Crippen LogP contribution in [-0.4, -0.2) is 8.42 Å². The van der Waals surface area contributed by atoms with Crippen LogP contribution in [0.25, 0.3) is 22.3 Å². The van der Waals surface area contributed by atoms with Crippen LogP contribution in [0.2, 0.25) is 5.02 Å². The largest absolute Gasteiger partial charge is 0.238 e. The summed E-state index contributed by atoms with van der Waals surface area (Å²) in [6, 6.07) is 10.1. The summed E-state index contributed by atoms with van der Waals surface area (Å²) < 4.78 is 80.9. The Labute approximate surface area is 157 Å². The molecule has 0 bridgehead atoms. The van der Waals surface area contributed by atoms with Crippen LogP contribution in [0.3, 0.4) is 0 Å². The van der Waals surface area contributed by atoms with Crippen LogP contribution in [0.4, 0.5) is 17.6 Å². The number of halogens is 5. The fraction of sp³-hybridized carbons (Fsp3) is 0. The lowest BCUT2D eigenvalue weighted by Crippen LogP contribution is -2.14. The first-order chi connectivity index (χ1) is 12.6. The van der Waals surface area contributed by atoms with Gasteiger partial charge in [-0.15, -0.1) is 0 Å². The third kappa shape index (κ3) is 3.43. The number of benzene rings is 3. The van der Waals surface area contributed by atoms with Crippen molar-refractivity contribution in [3.8, 4) is 22.3 Å². The molecule has 0 amide bonds. The average molecular weight is 416 g/mol. The molecule has 0 aromatic heterocycles. The van der Waals surface area contributed by atoms with Gasteiger partial charge in [-0.2, -0.15) is 0 Å². The fourth-order valence-electron chi connectivity index (χ4n) is 2.72. The van der Waals surface area contributed by atoms with E-state index in [1.807, 2.05) is 0 Å². The molecule has 3 aromatic rings. The lowest BCUT2D eigenvalue weighted by atomic mass is 9.93. The zero-order valence-corrected chi connectivity index (χ0v) is 14.9. The minimum Gasteiger partial charge on any atom is -0.225 e. The minimum atomic E-state index is -4.37. The van der Waals surface area contributed by atoms with Gasteiger partial charge in [-0.25, -0.2) is 31.1 Å². The Morgan fingerprint density at radius 1 is 0.778 bits per heavy atom. The maximum atomic E-state index is 14.7. The van der Waals surface area contributed by atoms with Crippen molar-refractivity contribution in [3.63, 3.8) is 0 Å². The monoisotopic (exact) mass is 415 g/mol. The van der Waals surface area contributed by atoms with E-state index < -0.39 is 54.9 Å². The van der Waals surface area contributed by atoms with E-state index in [9.17, 15) is 26.0 Å². The first-order valence-electron chi connectivity index (χ1n) is 7.37. The van der Waals surface area contributed by atoms with E-state index in [1.165, 1.54) is 36.4 Å². The van der Waals surface area contributed by atoms with Crippen LogP contribution in [-0.2, 0) is 10.0 Å². The topological polar surface area (TPSA) is 60.2 Å². The van der Waals surface area contributed by atoms with Gasteiger partial charge >= 0.3 is 0 Å². The zero-order valence-electron chi connectivity index (χ0n) is 13.3. The second-order valence-electron chi connectivity index (χ2n) is 5.56. The molecular weight excluding hydrogens is 406 g/mol. The summed E-state index contributed by atoms with van der Waals surface area (Å²) in [4.78, 5) is -0.572. The number of primary sulfonamides is 1. The van der Waals surface area contributed by atoms with E-state index in [4.69, 9.17) is 16.7 Å². The molecule has 0 aliphatic rings. The molecule has 0 radical (unpaired) electrons. The van der Waals surface area contributed by atoms with E-state index in [1.54, 1.807) is 0 Å². The van der Waals surface area contributed by atoms with E-state index in [-0.39, 0.29) is 10.6 Å². The highest BCUT2D eigenvalue weighted by atomic mass is 35.5. The molecule has 2 N–H and O–H groups in total. The van der Waals surface area contributed by atoms with Crippen molar-refractivity contribution < 1.29 is 26.0 Å². The summed E-state index contributed by atoms with van der Waals surface area (Å²) >= 11 is 5.86. The van der Waals surface area contributed by atoms with Gasteiger partial charge in [0.25, 0.3) is 0 Å². The van der Waals surface area contributed by atoms with Gasteiger partial charge in [0.05, 0.1) is 4.90 Å². The van der Waals surface area contributed by atoms with Crippen molar-refractivity contribution in [1.82, 2.24) is 0 Å². The highest BCUT2D eigenvalue weighted by molar-refractivity contribution is 7.89. The molecule has 9 heteroatoms. The Bertz CT molecular complexity index is 1170. The van der Waals surface area contributed by atoms with Crippen LogP contribution >= 0.6 is 11.6 Å². The Kier molecular flexibility index (Phi) is 4.98. The molecule has 3 nitrogen and oxygen atoms in total. The molecule has 0 saturated carbocycles. The third-order valence-electron chi connectivity index (χ3n) is 3.84. The minimum absolute atomic E-state index is 0.0722. The van der Waals surface area contributed by atoms with E-state index >= 15 is 0 Å². The standard InChI is InChI=1S/C18H10ClF4NO2S/c19-10-5-3-4-9(8-10)13-14(16(21)18(23)17(22)15(13)20)11-6-1-2-7-12(11)27(24,25)26/h1-8H,(H2,24,25,26). The number of hydrogen-bond acceptors (Lipinski definition) is 2. The lowest BCUT2D eigenvalue weighted by molar-refractivity contribution is 0.412. The van der Waals surface area contributed by atoms with Crippen molar-refractivity contribution in [2.75, 3.05) is 0 Å². The summed E-state index contributed by atoms with van der Waals surface area (Å²) in [5.41, 5.74) is -1.94. The van der Waals surface area contributed by atoms with Gasteiger partial charge in [0.1, 0.15) is 0 Å². The molecule has 3 rings (SSSR count). The molecule has 140 valence electrons. The number of nitrogens with two attached hydrogens (primary N) is 1. The molecule has 0 fully saturated rings. The first-order valence-corrected chi connectivity index (χ1v) is 9.29. The first kappa shape index (κ1) is 19.3. The van der Waals surface area contributed by atoms with Gasteiger partial charge in [-0.1, -0.05) is 41.9 Å². The van der Waals surface area contributed by atoms with Gasteiger partial charge in [0, 0.05) is 21.7 Å². The molecule has 0 heterocycles. The predicted octanol–water partition coefficient (Wildman–Crippen LogP) is 4.88. The van der Waals surface area contributed by atoms with Gasteiger partial charge < -0.3 is 0 Å². The zero-order chi connectivity index (χ0) is 19.9. The highest BCUT2D eigenvalue weighted by Crippen LogP contribution is 2.41. The quantitative estimate of drug-likeness (QED) is 0.376. The summed E-state index contributed by atoms with van der Waals surface area (Å²) in [6.45, 7) is 0. The lowest BCUT2D eigenvalue weighted by Gasteiger charge is -2.16. The molecular formula is C18H10ClF4NO2S. The summed E-state index contributed by atoms with van der Waals surface area (Å²) in [5.74, 6) is -7.54. The molecule has 0 atom stereocenters. The van der Waals surface area contributed by atoms with Crippen LogP contribution in [0.15, 0.2) is 53.4 Å². The van der Waals surface area contributed by atoms with Gasteiger partial charge in [0.2, 0.25) is 10.0 Å². The SMILES string of the molecule is NS(=O)(=O)c1ccccc1-c1c(F)c(F)c(F)c(F)c1-c1cccc(Cl)c1. The number of sulfonamides is 1. The molecule has 0 spiro atoms. The second kappa shape index (κ2) is 6.95. The predicted molar refractivity (Wildman–Crippen MR) is 93.5 cm³/mol. The van der Waals surface area contributed by atoms with Crippen molar-refractivity contribution in [2.45, 2.75) is 4.90 Å². The van der Waals surface area contributed by atoms with Crippen LogP contribution in [0, 0.1) is 23.3 Å². The van der Waals surface area contributed by atoms with Crippen molar-refractivity contribution in [2.24, 2.45) is 5.14 Å². The Hall–Kier alpha value is -2.42. The van der Waals surface area contributed by atoms with E-state index in [0.29, 0.717) is 0 Å². The normalized spacial score (nSPS) is 11.6. The van der Waals surface area contributed by atoms with Crippen LogP contribution < -0.4 is 5.14 Å². The Morgan fingerprint density at radius 2 is 1.37 bits per heavy atom. The van der Waals surface area contributed by atoms with Crippen molar-refractivity contribution in [3.05, 3.63) is 76.8 Å². The summed E-state index contributed by atoms with van der Waals surface area (Å²) in [6.07, 6.45) is 0. The number of hydrogen-bond donors (Lipinski definition) is 1. The summed E-state index contributed by atoms with van der Waals surface area (Å²) in [7, 11) is -4.37. The van der Waals surface area contributed by atoms with Crippen molar-refractivity contribution in [1.29, 1.82) is 0 Å². The maximum absolute atomic E-state index is 14.7. The van der Waals surface area contributed by atoms with Crippen LogP contribution in [0.5, 0.6) is 0 Å². The highest BCUT2D eigenvalue weighted by Gasteiger charge is 2.29. The molecule has 0 unspecified atom stereocenters. The third-order valence-corrected chi connectivity index (χ3v) is 5.05. The molecule has 27 heavy (non-hydrogen) atoms. The van der Waals surface area contributed by atoms with Gasteiger partial charge in [-0.05, 0) is 23.8 Å². The van der Waals surface area contributed by atoms with Gasteiger partial charge in [0.15, 0.2) is 23.3 Å². The fourth-order valence-corrected chi connectivity index (χ4v) is 3.66. The molecule has 0 aliphatic carbocycles. The maximum Gasteiger partial charge on any atom is 0.238 e. The van der Waals surface area contributed by atoms with Crippen LogP contribution in [0.1, 0.15) is 0 Å².